The number of alkyl halides is 1. The van der Waals surface area contributed by atoms with Crippen molar-refractivity contribution >= 4 is 62.9 Å². The summed E-state index contributed by atoms with van der Waals surface area (Å²) in [6, 6.07) is 22.8. The molecule has 0 spiro atoms. The zero-order valence-electron chi connectivity index (χ0n) is 45.3. The minimum Gasteiger partial charge on any atom is -0.444 e. The van der Waals surface area contributed by atoms with Crippen molar-refractivity contribution in [3.05, 3.63) is 106 Å². The summed E-state index contributed by atoms with van der Waals surface area (Å²) in [7, 11) is 1.69. The number of aryl methyl sites for hydroxylation is 2. The fraction of sp³-hybridized carbons (Fsp3) is 0.500. The van der Waals surface area contributed by atoms with Crippen molar-refractivity contribution in [2.45, 2.75) is 115 Å². The summed E-state index contributed by atoms with van der Waals surface area (Å²) in [5.74, 6) is 6.25. The van der Waals surface area contributed by atoms with E-state index in [0.717, 1.165) is 64.8 Å². The van der Waals surface area contributed by atoms with E-state index in [9.17, 15) is 28.8 Å². The highest BCUT2D eigenvalue weighted by Crippen LogP contribution is 2.34. The molecule has 5 aliphatic heterocycles. The van der Waals surface area contributed by atoms with Gasteiger partial charge in [0, 0.05) is 106 Å². The molecule has 6 heterocycles. The Bertz CT molecular complexity index is 3230. The Morgan fingerprint density at radius 3 is 2.26 bits per heavy atom. The molecule has 1 aromatic heterocycles. The number of aromatic nitrogens is 2. The van der Waals surface area contributed by atoms with E-state index in [2.05, 4.69) is 55.8 Å². The van der Waals surface area contributed by atoms with Crippen LogP contribution in [0.1, 0.15) is 118 Å². The summed E-state index contributed by atoms with van der Waals surface area (Å²) in [5, 5.41) is 11.1. The number of piperidine rings is 4. The number of likely N-dealkylation sites (tertiary alicyclic amines) is 3. The van der Waals surface area contributed by atoms with Crippen LogP contribution >= 0.6 is 0 Å². The minimum atomic E-state index is -1.35. The lowest BCUT2D eigenvalue weighted by Gasteiger charge is -2.42. The van der Waals surface area contributed by atoms with Crippen LogP contribution in [0.4, 0.5) is 20.6 Å². The van der Waals surface area contributed by atoms with Gasteiger partial charge in [-0.05, 0) is 138 Å². The number of nitrogens with one attached hydrogen (secondary N) is 3. The first-order valence-electron chi connectivity index (χ1n) is 27.5. The zero-order chi connectivity index (χ0) is 54.3. The van der Waals surface area contributed by atoms with E-state index in [1.54, 1.807) is 11.9 Å². The Hall–Kier alpha value is -7.19. The van der Waals surface area contributed by atoms with Gasteiger partial charge in [0.1, 0.15) is 17.3 Å². The van der Waals surface area contributed by atoms with E-state index in [0.29, 0.717) is 88.1 Å². The molecule has 4 aromatic carbocycles. The number of nitrogens with zero attached hydrogens (tertiary/aromatic N) is 6. The number of imide groups is 1. The maximum Gasteiger partial charge on any atom is 0.410 e. The average molecular weight is 1050 g/mol. The van der Waals surface area contributed by atoms with E-state index in [1.165, 1.54) is 9.13 Å². The number of benzene rings is 4. The second kappa shape index (κ2) is 21.7. The highest BCUT2D eigenvalue weighted by Gasteiger charge is 2.40. The maximum atomic E-state index is 16.5. The highest BCUT2D eigenvalue weighted by molar-refractivity contribution is 6.00. The second-order valence-electron chi connectivity index (χ2n) is 23.1. The van der Waals surface area contributed by atoms with Gasteiger partial charge in [-0.25, -0.2) is 14.0 Å². The van der Waals surface area contributed by atoms with Gasteiger partial charge in [-0.2, -0.15) is 0 Å². The van der Waals surface area contributed by atoms with Crippen LogP contribution in [0.25, 0.3) is 21.8 Å². The third kappa shape index (κ3) is 11.6. The van der Waals surface area contributed by atoms with Gasteiger partial charge in [-0.15, -0.1) is 0 Å². The summed E-state index contributed by atoms with van der Waals surface area (Å²) in [5.41, 5.74) is 4.27. The monoisotopic (exact) mass is 1050 g/mol. The van der Waals surface area contributed by atoms with Crippen molar-refractivity contribution in [3.63, 3.8) is 0 Å². The van der Waals surface area contributed by atoms with Crippen molar-refractivity contribution in [2.24, 2.45) is 18.9 Å². The molecule has 5 saturated heterocycles. The van der Waals surface area contributed by atoms with Gasteiger partial charge in [0.15, 0.2) is 0 Å². The van der Waals surface area contributed by atoms with Gasteiger partial charge in [0.25, 0.3) is 5.91 Å². The summed E-state index contributed by atoms with van der Waals surface area (Å²) >= 11 is 0. The SMILES string of the molecule is Cc1ccc(NC2CN(C(=O)OC(C)(C)C)C2)cc1C(=O)N[C@H](C)c1ccc(C#CC2CCN(CC3(F)CCN(C(=O)C4CCN(c5ccc6c(c5)n(C)c(=O)n6C5CCC(=O)NC5=O)CC4)CC3)CC2)c2ccccc12. The number of hydrogen-bond acceptors (Lipinski definition) is 10. The first-order chi connectivity index (χ1) is 36.8. The molecule has 5 aromatic rings. The van der Waals surface area contributed by atoms with Crippen LogP contribution in [-0.4, -0.2) is 130 Å². The summed E-state index contributed by atoms with van der Waals surface area (Å²) < 4.78 is 25.0. The molecule has 77 heavy (non-hydrogen) atoms. The van der Waals surface area contributed by atoms with E-state index in [1.807, 2.05) is 94.1 Å². The van der Waals surface area contributed by atoms with Crippen LogP contribution in [0.3, 0.4) is 0 Å². The third-order valence-corrected chi connectivity index (χ3v) is 16.4. The first-order valence-corrected chi connectivity index (χ1v) is 27.5. The van der Waals surface area contributed by atoms with E-state index in [-0.39, 0.29) is 66.3 Å². The number of imidazole rings is 1. The van der Waals surface area contributed by atoms with Crippen molar-refractivity contribution in [1.29, 1.82) is 0 Å². The molecule has 0 aliphatic carbocycles. The summed E-state index contributed by atoms with van der Waals surface area (Å²) in [4.78, 5) is 85.7. The second-order valence-corrected chi connectivity index (χ2v) is 23.1. The molecule has 406 valence electrons. The number of fused-ring (bicyclic) bond motifs is 2. The molecule has 5 aliphatic rings. The van der Waals surface area contributed by atoms with Gasteiger partial charge in [-0.1, -0.05) is 48.2 Å². The predicted molar refractivity (Wildman–Crippen MR) is 295 cm³/mol. The quantitative estimate of drug-likeness (QED) is 0.0935. The topological polar surface area (TPSA) is 171 Å². The smallest absolute Gasteiger partial charge is 0.410 e. The first kappa shape index (κ1) is 53.2. The lowest BCUT2D eigenvalue weighted by molar-refractivity contribution is -0.139. The largest absolute Gasteiger partial charge is 0.444 e. The van der Waals surface area contributed by atoms with Gasteiger partial charge in [0.2, 0.25) is 17.7 Å². The van der Waals surface area contributed by atoms with Gasteiger partial charge >= 0.3 is 11.8 Å². The lowest BCUT2D eigenvalue weighted by atomic mass is 9.88. The van der Waals surface area contributed by atoms with Gasteiger partial charge in [0.05, 0.1) is 23.1 Å². The van der Waals surface area contributed by atoms with Crippen molar-refractivity contribution in [2.75, 3.05) is 69.1 Å². The third-order valence-electron chi connectivity index (χ3n) is 16.4. The number of rotatable bonds is 10. The number of carbonyl (C=O) groups excluding carboxylic acids is 5. The van der Waals surface area contributed by atoms with Crippen LogP contribution in [0.15, 0.2) is 77.6 Å². The standard InChI is InChI=1S/C60H72FN9O7/c1-38-11-15-43(63-44-35-69(36-44)58(76)77-59(3,4)5)33-49(38)54(72)62-39(2)46-17-14-41(47-9-7-8-10-48(46)47)13-12-40-21-27-66(28-22-40)37-60(61)25-31-68(32-26-60)56(74)42-23-29-67(30-24-42)45-16-18-50-52(34-45)65(6)57(75)70(50)51-19-20-53(71)64-55(51)73/h7-11,14-18,33-34,39-40,42,44,51,63H,19-32,35-37H2,1-6H3,(H,62,72)(H,64,71,73)/t39-,51?/m1/s1. The summed E-state index contributed by atoms with van der Waals surface area (Å²) in [6.07, 6.45) is 3.85. The molecule has 0 bridgehead atoms. The number of hydrogen-bond donors (Lipinski definition) is 3. The van der Waals surface area contributed by atoms with Crippen molar-refractivity contribution in [3.8, 4) is 11.8 Å². The molecule has 5 fully saturated rings. The van der Waals surface area contributed by atoms with Crippen molar-refractivity contribution < 1.29 is 33.1 Å². The lowest BCUT2D eigenvalue weighted by Crippen LogP contribution is -2.57. The molecular formula is C60H72FN9O7. The predicted octanol–water partition coefficient (Wildman–Crippen LogP) is 7.61. The fourth-order valence-corrected chi connectivity index (χ4v) is 11.9. The number of ether oxygens (including phenoxy) is 1. The summed E-state index contributed by atoms with van der Waals surface area (Å²) in [6.45, 7) is 14.6. The van der Waals surface area contributed by atoms with Crippen molar-refractivity contribution in [1.82, 2.24) is 34.5 Å². The number of amides is 5. The molecule has 10 rings (SSSR count). The highest BCUT2D eigenvalue weighted by atomic mass is 19.1. The molecule has 0 radical (unpaired) electrons. The Kier molecular flexibility index (Phi) is 15.0. The molecule has 16 nitrogen and oxygen atoms in total. The average Bonchev–Trinajstić information content (AvgIpc) is 3.64. The Labute approximate surface area is 449 Å². The van der Waals surface area contributed by atoms with E-state index >= 15 is 4.39 Å². The molecule has 3 N–H and O–H groups in total. The maximum absolute atomic E-state index is 16.5. The van der Waals surface area contributed by atoms with Gasteiger partial charge in [-0.3, -0.25) is 33.6 Å². The van der Waals surface area contributed by atoms with Crippen LogP contribution < -0.4 is 26.5 Å². The van der Waals surface area contributed by atoms with Crippen LogP contribution in [-0.2, 0) is 26.2 Å². The van der Waals surface area contributed by atoms with E-state index < -0.39 is 23.2 Å². The molecule has 5 amide bonds. The number of anilines is 2. The molecule has 17 heteroatoms. The molecule has 2 atom stereocenters. The zero-order valence-corrected chi connectivity index (χ0v) is 45.3. The van der Waals surface area contributed by atoms with E-state index in [4.69, 9.17) is 4.74 Å². The molecule has 1 unspecified atom stereocenters. The number of carbonyl (C=O) groups is 5. The van der Waals surface area contributed by atoms with Crippen LogP contribution in [0.2, 0.25) is 0 Å². The van der Waals surface area contributed by atoms with Crippen LogP contribution in [0, 0.1) is 30.6 Å². The molecule has 0 saturated carbocycles. The van der Waals surface area contributed by atoms with Gasteiger partial charge < -0.3 is 35.0 Å². The van der Waals surface area contributed by atoms with Crippen LogP contribution in [0.5, 0.6) is 0 Å². The normalized spacial score (nSPS) is 20.3. The Balaban J connectivity index is 0.677. The fourth-order valence-electron chi connectivity index (χ4n) is 11.9. The number of halogens is 1. The Morgan fingerprint density at radius 1 is 0.844 bits per heavy atom. The Morgan fingerprint density at radius 2 is 1.56 bits per heavy atom. The minimum absolute atomic E-state index is 0.0608. The molecular weight excluding hydrogens is 978 g/mol.